The highest BCUT2D eigenvalue weighted by Gasteiger charge is 2.21. The van der Waals surface area contributed by atoms with Crippen LogP contribution in [0.5, 0.6) is 0 Å². The standard InChI is InChI=1S/C17H18ClNO2/c1-12-4-2-3-9-19(12)16-7-5-13(10-15(16)18)17-8-6-14(11-20)21-17/h5-8,10-12H,2-4,9H2,1H3. The summed E-state index contributed by atoms with van der Waals surface area (Å²) in [5, 5.41) is 0.727. The Morgan fingerprint density at radius 1 is 1.29 bits per heavy atom. The Bertz CT molecular complexity index is 650. The summed E-state index contributed by atoms with van der Waals surface area (Å²) in [6.45, 7) is 3.29. The summed E-state index contributed by atoms with van der Waals surface area (Å²) in [4.78, 5) is 13.1. The van der Waals surface area contributed by atoms with Crippen LogP contribution in [0, 0.1) is 0 Å². The van der Waals surface area contributed by atoms with E-state index >= 15 is 0 Å². The molecule has 4 heteroatoms. The van der Waals surface area contributed by atoms with Crippen molar-refractivity contribution in [2.24, 2.45) is 0 Å². The van der Waals surface area contributed by atoms with E-state index in [0.717, 1.165) is 22.8 Å². The Kier molecular flexibility index (Phi) is 4.02. The maximum absolute atomic E-state index is 10.7. The number of hydrogen-bond acceptors (Lipinski definition) is 3. The number of carbonyl (C=O) groups excluding carboxylic acids is 1. The second-order valence-corrected chi connectivity index (χ2v) is 5.93. The average molecular weight is 304 g/mol. The predicted molar refractivity (Wildman–Crippen MR) is 85.2 cm³/mol. The van der Waals surface area contributed by atoms with Crippen LogP contribution in [0.4, 0.5) is 5.69 Å². The van der Waals surface area contributed by atoms with E-state index < -0.39 is 0 Å². The van der Waals surface area contributed by atoms with Crippen molar-refractivity contribution in [3.05, 3.63) is 41.1 Å². The van der Waals surface area contributed by atoms with Crippen molar-refractivity contribution >= 4 is 23.6 Å². The number of piperidine rings is 1. The van der Waals surface area contributed by atoms with Gasteiger partial charge >= 0.3 is 0 Å². The molecule has 21 heavy (non-hydrogen) atoms. The van der Waals surface area contributed by atoms with Crippen LogP contribution in [0.3, 0.4) is 0 Å². The molecule has 0 radical (unpaired) electrons. The van der Waals surface area contributed by atoms with Gasteiger partial charge < -0.3 is 9.32 Å². The molecule has 1 unspecified atom stereocenters. The molecule has 0 N–H and O–H groups in total. The van der Waals surface area contributed by atoms with Crippen LogP contribution in [-0.2, 0) is 0 Å². The molecule has 2 heterocycles. The molecule has 110 valence electrons. The Balaban J connectivity index is 1.90. The van der Waals surface area contributed by atoms with E-state index in [0.29, 0.717) is 23.8 Å². The van der Waals surface area contributed by atoms with Gasteiger partial charge in [0, 0.05) is 18.2 Å². The molecule has 2 aromatic rings. The largest absolute Gasteiger partial charge is 0.453 e. The number of halogens is 1. The monoisotopic (exact) mass is 303 g/mol. The van der Waals surface area contributed by atoms with Crippen LogP contribution in [0.25, 0.3) is 11.3 Å². The molecule has 1 atom stereocenters. The molecule has 1 aliphatic rings. The molecule has 3 rings (SSSR count). The van der Waals surface area contributed by atoms with E-state index in [2.05, 4.69) is 11.8 Å². The quantitative estimate of drug-likeness (QED) is 0.764. The van der Waals surface area contributed by atoms with Crippen molar-refractivity contribution in [1.82, 2.24) is 0 Å². The lowest BCUT2D eigenvalue weighted by molar-refractivity contribution is 0.110. The lowest BCUT2D eigenvalue weighted by Crippen LogP contribution is -2.37. The fourth-order valence-electron chi connectivity index (χ4n) is 2.92. The van der Waals surface area contributed by atoms with E-state index in [1.165, 1.54) is 19.3 Å². The first-order valence-corrected chi connectivity index (χ1v) is 7.68. The molecule has 1 saturated heterocycles. The summed E-state index contributed by atoms with van der Waals surface area (Å²) in [5.74, 6) is 0.993. The Morgan fingerprint density at radius 2 is 2.14 bits per heavy atom. The van der Waals surface area contributed by atoms with Crippen molar-refractivity contribution in [3.63, 3.8) is 0 Å². The van der Waals surface area contributed by atoms with Crippen LogP contribution < -0.4 is 4.90 Å². The fourth-order valence-corrected chi connectivity index (χ4v) is 3.21. The summed E-state index contributed by atoms with van der Waals surface area (Å²) in [5.41, 5.74) is 1.97. The zero-order valence-electron chi connectivity index (χ0n) is 12.0. The van der Waals surface area contributed by atoms with Gasteiger partial charge in [0.15, 0.2) is 12.0 Å². The molecular weight excluding hydrogens is 286 g/mol. The highest BCUT2D eigenvalue weighted by molar-refractivity contribution is 6.33. The number of anilines is 1. The Labute approximate surface area is 129 Å². The van der Waals surface area contributed by atoms with Gasteiger partial charge in [-0.15, -0.1) is 0 Å². The van der Waals surface area contributed by atoms with E-state index in [9.17, 15) is 4.79 Å². The summed E-state index contributed by atoms with van der Waals surface area (Å²) in [6, 6.07) is 9.92. The molecular formula is C17H18ClNO2. The zero-order valence-corrected chi connectivity index (χ0v) is 12.8. The van der Waals surface area contributed by atoms with Gasteiger partial charge in [0.1, 0.15) is 5.76 Å². The van der Waals surface area contributed by atoms with Crippen molar-refractivity contribution in [3.8, 4) is 11.3 Å². The molecule has 0 spiro atoms. The smallest absolute Gasteiger partial charge is 0.185 e. The lowest BCUT2D eigenvalue weighted by atomic mass is 10.0. The third kappa shape index (κ3) is 2.84. The molecule has 3 nitrogen and oxygen atoms in total. The van der Waals surface area contributed by atoms with Gasteiger partial charge in [0.25, 0.3) is 0 Å². The van der Waals surface area contributed by atoms with Gasteiger partial charge in [-0.05, 0) is 56.5 Å². The van der Waals surface area contributed by atoms with Gasteiger partial charge in [-0.1, -0.05) is 11.6 Å². The third-order valence-electron chi connectivity index (χ3n) is 4.09. The summed E-state index contributed by atoms with van der Waals surface area (Å²) < 4.78 is 5.44. The molecule has 1 aromatic heterocycles. The van der Waals surface area contributed by atoms with Gasteiger partial charge in [-0.25, -0.2) is 0 Å². The number of rotatable bonds is 3. The van der Waals surface area contributed by atoms with Gasteiger partial charge in [0.05, 0.1) is 10.7 Å². The predicted octanol–water partition coefficient (Wildman–Crippen LogP) is 4.79. The van der Waals surface area contributed by atoms with E-state index in [4.69, 9.17) is 16.0 Å². The van der Waals surface area contributed by atoms with E-state index in [1.807, 2.05) is 18.2 Å². The summed E-state index contributed by atoms with van der Waals surface area (Å²) in [7, 11) is 0. The average Bonchev–Trinajstić information content (AvgIpc) is 2.97. The molecule has 0 saturated carbocycles. The molecule has 0 bridgehead atoms. The van der Waals surface area contributed by atoms with E-state index in [-0.39, 0.29) is 0 Å². The SMILES string of the molecule is CC1CCCCN1c1ccc(-c2ccc(C=O)o2)cc1Cl. The van der Waals surface area contributed by atoms with Gasteiger partial charge in [0.2, 0.25) is 0 Å². The maximum Gasteiger partial charge on any atom is 0.185 e. The lowest BCUT2D eigenvalue weighted by Gasteiger charge is -2.36. The van der Waals surface area contributed by atoms with Crippen molar-refractivity contribution in [2.75, 3.05) is 11.4 Å². The van der Waals surface area contributed by atoms with Crippen molar-refractivity contribution in [1.29, 1.82) is 0 Å². The second-order valence-electron chi connectivity index (χ2n) is 5.52. The molecule has 0 amide bonds. The molecule has 1 aromatic carbocycles. The third-order valence-corrected chi connectivity index (χ3v) is 4.39. The highest BCUT2D eigenvalue weighted by Crippen LogP contribution is 2.34. The van der Waals surface area contributed by atoms with Crippen molar-refractivity contribution in [2.45, 2.75) is 32.2 Å². The Morgan fingerprint density at radius 3 is 2.81 bits per heavy atom. The van der Waals surface area contributed by atoms with Crippen LogP contribution in [0.1, 0.15) is 36.7 Å². The zero-order chi connectivity index (χ0) is 14.8. The second kappa shape index (κ2) is 5.94. The Hall–Kier alpha value is -1.74. The van der Waals surface area contributed by atoms with Crippen molar-refractivity contribution < 1.29 is 9.21 Å². The number of aldehydes is 1. The van der Waals surface area contributed by atoms with Gasteiger partial charge in [-0.3, -0.25) is 4.79 Å². The topological polar surface area (TPSA) is 33.5 Å². The fraction of sp³-hybridized carbons (Fsp3) is 0.353. The van der Waals surface area contributed by atoms with Gasteiger partial charge in [-0.2, -0.15) is 0 Å². The van der Waals surface area contributed by atoms with E-state index in [1.54, 1.807) is 12.1 Å². The number of furan rings is 1. The number of hydrogen-bond donors (Lipinski definition) is 0. The first-order chi connectivity index (χ1) is 10.2. The molecule has 1 aliphatic heterocycles. The number of nitrogens with zero attached hydrogens (tertiary/aromatic N) is 1. The highest BCUT2D eigenvalue weighted by atomic mass is 35.5. The van der Waals surface area contributed by atoms with Crippen LogP contribution in [-0.4, -0.2) is 18.9 Å². The minimum absolute atomic E-state index is 0.329. The summed E-state index contributed by atoms with van der Waals surface area (Å²) in [6.07, 6.45) is 4.41. The molecule has 0 aliphatic carbocycles. The van der Waals surface area contributed by atoms with Crippen LogP contribution >= 0.6 is 11.6 Å². The molecule has 1 fully saturated rings. The number of benzene rings is 1. The first-order valence-electron chi connectivity index (χ1n) is 7.30. The van der Waals surface area contributed by atoms with Crippen LogP contribution in [0.15, 0.2) is 34.7 Å². The minimum atomic E-state index is 0.329. The summed E-state index contributed by atoms with van der Waals surface area (Å²) >= 11 is 6.47. The first kappa shape index (κ1) is 14.2. The van der Waals surface area contributed by atoms with Crippen LogP contribution in [0.2, 0.25) is 5.02 Å². The minimum Gasteiger partial charge on any atom is -0.453 e. The normalized spacial score (nSPS) is 18.8. The number of carbonyl (C=O) groups is 1. The maximum atomic E-state index is 10.7.